The molecule has 0 atom stereocenters. The molecule has 0 aromatic heterocycles. The largest absolute Gasteiger partial charge is 0.494 e. The lowest BCUT2D eigenvalue weighted by molar-refractivity contribution is 0.201. The van der Waals surface area contributed by atoms with Crippen LogP contribution in [-0.2, 0) is 0 Å². The van der Waals surface area contributed by atoms with Crippen LogP contribution in [0.1, 0.15) is 6.42 Å². The second kappa shape index (κ2) is 11.8. The standard InChI is InChI=1S/C9H12O2.C8H10O2/c10-7-4-8-11-9-5-2-1-3-6-9;9-6-7-10-8-4-2-1-3-5-8/h1-3,5-6,10H,4,7-8H2;1-5,9H,6-7H2. The average Bonchev–Trinajstić information content (AvgIpc) is 2.56. The van der Waals surface area contributed by atoms with E-state index < -0.39 is 0 Å². The Bertz CT molecular complexity index is 445. The number of hydrogen-bond donors (Lipinski definition) is 2. The van der Waals surface area contributed by atoms with Crippen LogP contribution in [0.5, 0.6) is 11.5 Å². The first-order valence-electron chi connectivity index (χ1n) is 6.94. The van der Waals surface area contributed by atoms with Crippen molar-refractivity contribution in [1.29, 1.82) is 0 Å². The fourth-order valence-electron chi connectivity index (χ4n) is 1.45. The zero-order chi connectivity index (χ0) is 15.2. The zero-order valence-electron chi connectivity index (χ0n) is 12.0. The first-order valence-corrected chi connectivity index (χ1v) is 6.94. The Morgan fingerprint density at radius 3 is 1.52 bits per heavy atom. The predicted molar refractivity (Wildman–Crippen MR) is 82.7 cm³/mol. The minimum absolute atomic E-state index is 0.0644. The smallest absolute Gasteiger partial charge is 0.119 e. The van der Waals surface area contributed by atoms with Gasteiger partial charge in [0.15, 0.2) is 0 Å². The Balaban J connectivity index is 0.000000211. The molecule has 2 N–H and O–H groups in total. The zero-order valence-corrected chi connectivity index (χ0v) is 12.0. The molecule has 2 rings (SSSR count). The molecular formula is C17H22O4. The van der Waals surface area contributed by atoms with Gasteiger partial charge in [0.25, 0.3) is 0 Å². The molecule has 0 bridgehead atoms. The minimum atomic E-state index is 0.0644. The van der Waals surface area contributed by atoms with Crippen LogP contribution in [0.3, 0.4) is 0 Å². The summed E-state index contributed by atoms with van der Waals surface area (Å²) in [5, 5.41) is 16.9. The minimum Gasteiger partial charge on any atom is -0.494 e. The molecule has 0 spiro atoms. The van der Waals surface area contributed by atoms with E-state index in [0.717, 1.165) is 11.5 Å². The van der Waals surface area contributed by atoms with Gasteiger partial charge in [0, 0.05) is 13.0 Å². The Kier molecular flexibility index (Phi) is 9.53. The van der Waals surface area contributed by atoms with Crippen molar-refractivity contribution in [2.45, 2.75) is 6.42 Å². The number of aliphatic hydroxyl groups excluding tert-OH is 2. The van der Waals surface area contributed by atoms with Gasteiger partial charge in [-0.05, 0) is 24.3 Å². The van der Waals surface area contributed by atoms with Crippen molar-refractivity contribution in [3.05, 3.63) is 60.7 Å². The quantitative estimate of drug-likeness (QED) is 0.769. The van der Waals surface area contributed by atoms with Crippen LogP contribution in [0.25, 0.3) is 0 Å². The molecule has 4 heteroatoms. The number of aliphatic hydroxyl groups is 2. The van der Waals surface area contributed by atoms with Gasteiger partial charge in [-0.25, -0.2) is 0 Å². The molecule has 4 nitrogen and oxygen atoms in total. The van der Waals surface area contributed by atoms with Crippen LogP contribution < -0.4 is 9.47 Å². The number of para-hydroxylation sites is 2. The van der Waals surface area contributed by atoms with Gasteiger partial charge in [-0.15, -0.1) is 0 Å². The lowest BCUT2D eigenvalue weighted by Crippen LogP contribution is -2.00. The SMILES string of the molecule is OCCCOc1ccccc1.OCCOc1ccccc1. The van der Waals surface area contributed by atoms with Crippen LogP contribution >= 0.6 is 0 Å². The molecule has 0 aliphatic carbocycles. The lowest BCUT2D eigenvalue weighted by Gasteiger charge is -2.02. The Labute approximate surface area is 125 Å². The van der Waals surface area contributed by atoms with Crippen molar-refractivity contribution in [2.75, 3.05) is 26.4 Å². The van der Waals surface area contributed by atoms with Crippen LogP contribution in [-0.4, -0.2) is 36.6 Å². The van der Waals surface area contributed by atoms with Crippen LogP contribution in [0.2, 0.25) is 0 Å². The summed E-state index contributed by atoms with van der Waals surface area (Å²) >= 11 is 0. The summed E-state index contributed by atoms with van der Waals surface area (Å²) in [6.07, 6.45) is 0.689. The van der Waals surface area contributed by atoms with Gasteiger partial charge in [0.05, 0.1) is 13.2 Å². The monoisotopic (exact) mass is 290 g/mol. The average molecular weight is 290 g/mol. The highest BCUT2D eigenvalue weighted by Gasteiger charge is 1.89. The van der Waals surface area contributed by atoms with E-state index in [1.165, 1.54) is 0 Å². The van der Waals surface area contributed by atoms with E-state index in [0.29, 0.717) is 19.6 Å². The van der Waals surface area contributed by atoms with E-state index in [-0.39, 0.29) is 13.2 Å². The predicted octanol–water partition coefficient (Wildman–Crippen LogP) is 2.51. The fraction of sp³-hybridized carbons (Fsp3) is 0.294. The highest BCUT2D eigenvalue weighted by Crippen LogP contribution is 2.08. The third kappa shape index (κ3) is 8.68. The molecule has 0 amide bonds. The van der Waals surface area contributed by atoms with E-state index in [2.05, 4.69) is 0 Å². The van der Waals surface area contributed by atoms with Crippen LogP contribution in [0, 0.1) is 0 Å². The maximum atomic E-state index is 8.46. The fourth-order valence-corrected chi connectivity index (χ4v) is 1.45. The summed E-state index contributed by atoms with van der Waals surface area (Å²) in [6.45, 7) is 1.20. The summed E-state index contributed by atoms with van der Waals surface area (Å²) < 4.78 is 10.4. The summed E-state index contributed by atoms with van der Waals surface area (Å²) in [6, 6.07) is 19.0. The molecule has 0 saturated heterocycles. The molecule has 0 aliphatic rings. The highest BCUT2D eigenvalue weighted by atomic mass is 16.5. The summed E-state index contributed by atoms with van der Waals surface area (Å²) in [5.41, 5.74) is 0. The molecule has 0 fully saturated rings. The Morgan fingerprint density at radius 2 is 1.10 bits per heavy atom. The lowest BCUT2D eigenvalue weighted by atomic mass is 10.3. The normalized spacial score (nSPS) is 9.43. The maximum absolute atomic E-state index is 8.46. The molecule has 2 aromatic rings. The maximum Gasteiger partial charge on any atom is 0.119 e. The number of ether oxygens (including phenoxy) is 2. The molecular weight excluding hydrogens is 268 g/mol. The number of rotatable bonds is 7. The van der Waals surface area contributed by atoms with E-state index in [1.807, 2.05) is 60.7 Å². The van der Waals surface area contributed by atoms with Gasteiger partial charge in [-0.3, -0.25) is 0 Å². The van der Waals surface area contributed by atoms with Crippen molar-refractivity contribution in [1.82, 2.24) is 0 Å². The third-order valence-corrected chi connectivity index (χ3v) is 2.42. The van der Waals surface area contributed by atoms with Gasteiger partial charge in [-0.1, -0.05) is 36.4 Å². The molecule has 0 unspecified atom stereocenters. The van der Waals surface area contributed by atoms with E-state index >= 15 is 0 Å². The van der Waals surface area contributed by atoms with Crippen molar-refractivity contribution >= 4 is 0 Å². The van der Waals surface area contributed by atoms with Gasteiger partial charge in [0.2, 0.25) is 0 Å². The highest BCUT2D eigenvalue weighted by molar-refractivity contribution is 5.21. The van der Waals surface area contributed by atoms with Gasteiger partial charge < -0.3 is 19.7 Å². The molecule has 2 aromatic carbocycles. The Morgan fingerprint density at radius 1 is 0.619 bits per heavy atom. The summed E-state index contributed by atoms with van der Waals surface area (Å²) in [5.74, 6) is 1.66. The van der Waals surface area contributed by atoms with E-state index in [4.69, 9.17) is 19.7 Å². The van der Waals surface area contributed by atoms with Crippen molar-refractivity contribution in [3.8, 4) is 11.5 Å². The van der Waals surface area contributed by atoms with Crippen molar-refractivity contribution in [3.63, 3.8) is 0 Å². The van der Waals surface area contributed by atoms with Gasteiger partial charge in [-0.2, -0.15) is 0 Å². The first-order chi connectivity index (χ1) is 10.4. The van der Waals surface area contributed by atoms with Crippen molar-refractivity contribution < 1.29 is 19.7 Å². The first kappa shape index (κ1) is 17.0. The van der Waals surface area contributed by atoms with E-state index in [9.17, 15) is 0 Å². The third-order valence-electron chi connectivity index (χ3n) is 2.42. The van der Waals surface area contributed by atoms with E-state index in [1.54, 1.807) is 0 Å². The molecule has 0 heterocycles. The second-order valence-electron chi connectivity index (χ2n) is 4.12. The topological polar surface area (TPSA) is 58.9 Å². The molecule has 0 saturated carbocycles. The summed E-state index contributed by atoms with van der Waals surface area (Å²) in [4.78, 5) is 0. The molecule has 21 heavy (non-hydrogen) atoms. The number of hydrogen-bond acceptors (Lipinski definition) is 4. The van der Waals surface area contributed by atoms with Gasteiger partial charge in [0.1, 0.15) is 18.1 Å². The molecule has 0 aliphatic heterocycles. The van der Waals surface area contributed by atoms with Crippen LogP contribution in [0.4, 0.5) is 0 Å². The molecule has 114 valence electrons. The molecule has 0 radical (unpaired) electrons. The van der Waals surface area contributed by atoms with Gasteiger partial charge >= 0.3 is 0 Å². The second-order valence-corrected chi connectivity index (χ2v) is 4.12. The van der Waals surface area contributed by atoms with Crippen molar-refractivity contribution in [2.24, 2.45) is 0 Å². The Hall–Kier alpha value is -2.04. The summed E-state index contributed by atoms with van der Waals surface area (Å²) in [7, 11) is 0. The number of benzene rings is 2. The van der Waals surface area contributed by atoms with Crippen LogP contribution in [0.15, 0.2) is 60.7 Å².